The molecule has 2 amide bonds. The highest BCUT2D eigenvalue weighted by Crippen LogP contribution is 2.16. The molecule has 0 spiro atoms. The summed E-state index contributed by atoms with van der Waals surface area (Å²) >= 11 is 0. The molecule has 0 radical (unpaired) electrons. The van der Waals surface area contributed by atoms with Crippen molar-refractivity contribution in [2.45, 2.75) is 4.90 Å². The van der Waals surface area contributed by atoms with Crippen LogP contribution in [-0.4, -0.2) is 22.3 Å². The molecule has 21 heavy (non-hydrogen) atoms. The number of benzene rings is 2. The quantitative estimate of drug-likeness (QED) is 0.902. The van der Waals surface area contributed by atoms with Crippen molar-refractivity contribution >= 4 is 28.3 Å². The first-order valence-corrected chi connectivity index (χ1v) is 7.68. The van der Waals surface area contributed by atoms with Crippen molar-refractivity contribution in [3.63, 3.8) is 0 Å². The fourth-order valence-corrected chi connectivity index (χ4v) is 2.32. The number of hydrogen-bond acceptors (Lipinski definition) is 3. The molecule has 2 aromatic carbocycles. The summed E-state index contributed by atoms with van der Waals surface area (Å²) in [6.07, 6.45) is 1.57. The smallest absolute Gasteiger partial charge is 0.255 e. The number of anilines is 1. The Hall–Kier alpha value is -2.47. The van der Waals surface area contributed by atoms with Gasteiger partial charge < -0.3 is 11.1 Å². The van der Waals surface area contributed by atoms with Gasteiger partial charge in [-0.05, 0) is 36.4 Å². The second kappa shape index (κ2) is 6.32. The highest BCUT2D eigenvalue weighted by Gasteiger charge is 2.12. The number of hydrogen-bond donors (Lipinski definition) is 2. The molecule has 108 valence electrons. The number of carbonyl (C=O) groups is 2. The summed E-state index contributed by atoms with van der Waals surface area (Å²) in [7, 11) is -1.09. The second-order valence-electron chi connectivity index (χ2n) is 4.34. The number of carbonyl (C=O) groups excluding carboxylic acids is 2. The van der Waals surface area contributed by atoms with Crippen molar-refractivity contribution < 1.29 is 13.8 Å². The number of nitrogens with one attached hydrogen (secondary N) is 1. The van der Waals surface area contributed by atoms with Gasteiger partial charge in [0.15, 0.2) is 0 Å². The Labute approximate surface area is 124 Å². The molecule has 1 atom stereocenters. The van der Waals surface area contributed by atoms with Crippen molar-refractivity contribution in [1.29, 1.82) is 0 Å². The summed E-state index contributed by atoms with van der Waals surface area (Å²) in [4.78, 5) is 24.1. The number of nitrogens with two attached hydrogens (primary N) is 1. The summed E-state index contributed by atoms with van der Waals surface area (Å²) in [6.45, 7) is 0. The van der Waals surface area contributed by atoms with E-state index < -0.39 is 16.7 Å². The molecule has 0 aromatic heterocycles. The zero-order valence-electron chi connectivity index (χ0n) is 11.3. The predicted octanol–water partition coefficient (Wildman–Crippen LogP) is 1.78. The molecular formula is C15H14N2O3S. The number of primary amides is 1. The van der Waals surface area contributed by atoms with E-state index in [1.807, 2.05) is 0 Å². The molecule has 0 bridgehead atoms. The van der Waals surface area contributed by atoms with Crippen LogP contribution in [0.15, 0.2) is 53.4 Å². The van der Waals surface area contributed by atoms with Gasteiger partial charge in [-0.2, -0.15) is 0 Å². The lowest BCUT2D eigenvalue weighted by molar-refractivity contribution is 0.100. The van der Waals surface area contributed by atoms with Crippen LogP contribution >= 0.6 is 0 Å². The first kappa shape index (κ1) is 14.9. The van der Waals surface area contributed by atoms with Crippen molar-refractivity contribution in [3.8, 4) is 0 Å². The van der Waals surface area contributed by atoms with Gasteiger partial charge in [-0.1, -0.05) is 12.1 Å². The summed E-state index contributed by atoms with van der Waals surface area (Å²) in [5, 5.41) is 2.64. The molecule has 0 heterocycles. The first-order valence-electron chi connectivity index (χ1n) is 6.12. The molecule has 0 aliphatic rings. The third-order valence-electron chi connectivity index (χ3n) is 2.89. The second-order valence-corrected chi connectivity index (χ2v) is 5.72. The van der Waals surface area contributed by atoms with Crippen LogP contribution in [0.3, 0.4) is 0 Å². The first-order chi connectivity index (χ1) is 9.99. The average Bonchev–Trinajstić information content (AvgIpc) is 2.47. The van der Waals surface area contributed by atoms with Gasteiger partial charge in [0.2, 0.25) is 0 Å². The van der Waals surface area contributed by atoms with Gasteiger partial charge >= 0.3 is 0 Å². The topological polar surface area (TPSA) is 89.3 Å². The number of para-hydroxylation sites is 1. The summed E-state index contributed by atoms with van der Waals surface area (Å²) in [5.41, 5.74) is 6.27. The average molecular weight is 302 g/mol. The lowest BCUT2D eigenvalue weighted by atomic mass is 10.1. The van der Waals surface area contributed by atoms with Gasteiger partial charge in [-0.15, -0.1) is 0 Å². The summed E-state index contributed by atoms with van der Waals surface area (Å²) < 4.78 is 11.3. The zero-order chi connectivity index (χ0) is 15.4. The minimum absolute atomic E-state index is 0.247. The zero-order valence-corrected chi connectivity index (χ0v) is 12.1. The van der Waals surface area contributed by atoms with E-state index in [0.29, 0.717) is 16.1 Å². The molecule has 0 fully saturated rings. The maximum atomic E-state index is 12.1. The SMILES string of the molecule is C[S@](=O)c1ccc(C(=O)Nc2ccccc2C(N)=O)cc1. The number of amides is 2. The highest BCUT2D eigenvalue weighted by molar-refractivity contribution is 7.84. The Morgan fingerprint density at radius 1 is 1.05 bits per heavy atom. The molecule has 6 heteroatoms. The van der Waals surface area contributed by atoms with Crippen LogP contribution in [0.25, 0.3) is 0 Å². The van der Waals surface area contributed by atoms with Crippen LogP contribution in [0.2, 0.25) is 0 Å². The van der Waals surface area contributed by atoms with E-state index in [9.17, 15) is 13.8 Å². The van der Waals surface area contributed by atoms with E-state index in [1.54, 1.807) is 54.8 Å². The van der Waals surface area contributed by atoms with Gasteiger partial charge in [-0.3, -0.25) is 13.8 Å². The Morgan fingerprint density at radius 2 is 1.67 bits per heavy atom. The Kier molecular flexibility index (Phi) is 4.49. The minimum atomic E-state index is -1.09. The fourth-order valence-electron chi connectivity index (χ4n) is 1.80. The molecule has 5 nitrogen and oxygen atoms in total. The van der Waals surface area contributed by atoms with Crippen LogP contribution in [0, 0.1) is 0 Å². The van der Waals surface area contributed by atoms with Crippen LogP contribution in [0.5, 0.6) is 0 Å². The van der Waals surface area contributed by atoms with Gasteiger partial charge in [0.05, 0.1) is 11.3 Å². The van der Waals surface area contributed by atoms with E-state index in [2.05, 4.69) is 5.32 Å². The normalized spacial score (nSPS) is 11.7. The molecule has 3 N–H and O–H groups in total. The van der Waals surface area contributed by atoms with Crippen LogP contribution in [0.4, 0.5) is 5.69 Å². The van der Waals surface area contributed by atoms with Gasteiger partial charge in [0, 0.05) is 27.5 Å². The van der Waals surface area contributed by atoms with Crippen molar-refractivity contribution in [1.82, 2.24) is 0 Å². The van der Waals surface area contributed by atoms with Crippen LogP contribution in [-0.2, 0) is 10.8 Å². The fraction of sp³-hybridized carbons (Fsp3) is 0.0667. The Bertz CT molecular complexity index is 711. The highest BCUT2D eigenvalue weighted by atomic mass is 32.2. The minimum Gasteiger partial charge on any atom is -0.366 e. The van der Waals surface area contributed by atoms with E-state index in [0.717, 1.165) is 0 Å². The lowest BCUT2D eigenvalue weighted by Gasteiger charge is -2.09. The van der Waals surface area contributed by atoms with Gasteiger partial charge in [0.1, 0.15) is 0 Å². The maximum absolute atomic E-state index is 12.1. The van der Waals surface area contributed by atoms with Crippen LogP contribution in [0.1, 0.15) is 20.7 Å². The molecule has 0 aliphatic carbocycles. The maximum Gasteiger partial charge on any atom is 0.255 e. The van der Waals surface area contributed by atoms with Crippen molar-refractivity contribution in [3.05, 3.63) is 59.7 Å². The molecule has 0 saturated carbocycles. The standard InChI is InChI=1S/C15H14N2O3S/c1-21(20)11-8-6-10(7-9-11)15(19)17-13-5-3-2-4-12(13)14(16)18/h2-9H,1H3,(H2,16,18)(H,17,19)/t21-/m0/s1. The Morgan fingerprint density at radius 3 is 2.24 bits per heavy atom. The van der Waals surface area contributed by atoms with E-state index in [-0.39, 0.29) is 11.5 Å². The lowest BCUT2D eigenvalue weighted by Crippen LogP contribution is -2.18. The third kappa shape index (κ3) is 3.55. The third-order valence-corrected chi connectivity index (χ3v) is 3.83. The monoisotopic (exact) mass is 302 g/mol. The van der Waals surface area contributed by atoms with Gasteiger partial charge in [0.25, 0.3) is 11.8 Å². The van der Waals surface area contributed by atoms with Crippen molar-refractivity contribution in [2.75, 3.05) is 11.6 Å². The van der Waals surface area contributed by atoms with E-state index >= 15 is 0 Å². The summed E-state index contributed by atoms with van der Waals surface area (Å²) in [5.74, 6) is -0.972. The number of rotatable bonds is 4. The molecular weight excluding hydrogens is 288 g/mol. The molecule has 2 aromatic rings. The van der Waals surface area contributed by atoms with Crippen LogP contribution < -0.4 is 11.1 Å². The molecule has 0 unspecified atom stereocenters. The Balaban J connectivity index is 2.22. The van der Waals surface area contributed by atoms with E-state index in [4.69, 9.17) is 5.73 Å². The molecule has 2 rings (SSSR count). The van der Waals surface area contributed by atoms with Crippen molar-refractivity contribution in [2.24, 2.45) is 5.73 Å². The molecule has 0 aliphatic heterocycles. The predicted molar refractivity (Wildman–Crippen MR) is 81.7 cm³/mol. The van der Waals surface area contributed by atoms with E-state index in [1.165, 1.54) is 0 Å². The van der Waals surface area contributed by atoms with Gasteiger partial charge in [-0.25, -0.2) is 0 Å². The largest absolute Gasteiger partial charge is 0.366 e. The summed E-state index contributed by atoms with van der Waals surface area (Å²) in [6, 6.07) is 12.9. The molecule has 0 saturated heterocycles.